The van der Waals surface area contributed by atoms with Gasteiger partial charge >= 0.3 is 18.8 Å². The molecule has 0 radical (unpaired) electrons. The van der Waals surface area contributed by atoms with Gasteiger partial charge < -0.3 is 39.3 Å². The molecule has 1 aromatic heterocycles. The lowest BCUT2D eigenvalue weighted by Crippen LogP contribution is -2.49. The minimum atomic E-state index is -3.06. The van der Waals surface area contributed by atoms with Gasteiger partial charge in [0.2, 0.25) is 5.89 Å². The molecule has 2 aliphatic rings. The number of halogens is 2. The Balaban J connectivity index is 1.62. The minimum Gasteiger partial charge on any atom is -0.489 e. The lowest BCUT2D eigenvalue weighted by atomic mass is 10.0. The highest BCUT2D eigenvalue weighted by Gasteiger charge is 2.31. The number of oxazole rings is 1. The quantitative estimate of drug-likeness (QED) is 0.297. The molecule has 1 saturated heterocycles. The van der Waals surface area contributed by atoms with E-state index in [-0.39, 0.29) is 35.4 Å². The summed E-state index contributed by atoms with van der Waals surface area (Å²) in [6, 6.07) is 2.91. The number of hydrogen-bond acceptors (Lipinski definition) is 8. The van der Waals surface area contributed by atoms with Crippen molar-refractivity contribution in [2.24, 2.45) is 5.92 Å². The highest BCUT2D eigenvalue weighted by Crippen LogP contribution is 2.37. The number of likely N-dealkylation sites (tertiary alicyclic amines) is 1. The summed E-state index contributed by atoms with van der Waals surface area (Å²) in [6.07, 6.45) is 2.34. The van der Waals surface area contributed by atoms with Crippen LogP contribution in [0.25, 0.3) is 11.5 Å². The Bertz CT molecular complexity index is 1310. The average Bonchev–Trinajstić information content (AvgIpc) is 3.64. The van der Waals surface area contributed by atoms with Crippen LogP contribution < -0.4 is 20.1 Å². The first kappa shape index (κ1) is 31.8. The number of nitrogens with one attached hydrogen (secondary N) is 2. The zero-order chi connectivity index (χ0) is 31.3. The van der Waals surface area contributed by atoms with Crippen LogP contribution in [0.3, 0.4) is 0 Å². The molecule has 3 amide bonds. The standard InChI is InChI=1S/C29H38F2N4O8/c1-16(33-27(37)43-29(2,3)4)23-22(24(36)32-14-19-7-5-6-12-35(19)28(38)39)34-25(42-23)18-10-11-20(41-26(30)31)21(13-18)40-15-17-8-9-17/h10-11,13,16-17,19,26H,5-9,12,14-15H2,1-4H3,(H,32,36)(H,33,37)(H,38,39)/t16-,19?/m0/s1. The van der Waals surface area contributed by atoms with Gasteiger partial charge in [-0.05, 0) is 83.9 Å². The molecule has 1 aromatic carbocycles. The third kappa shape index (κ3) is 8.94. The fourth-order valence-corrected chi connectivity index (χ4v) is 4.66. The Morgan fingerprint density at radius 3 is 2.56 bits per heavy atom. The fourth-order valence-electron chi connectivity index (χ4n) is 4.66. The molecule has 0 bridgehead atoms. The second-order valence-corrected chi connectivity index (χ2v) is 11.7. The van der Waals surface area contributed by atoms with Crippen LogP contribution in [-0.2, 0) is 4.74 Å². The number of piperidine rings is 1. The van der Waals surface area contributed by atoms with Crippen molar-refractivity contribution in [1.29, 1.82) is 0 Å². The number of hydrogen-bond donors (Lipinski definition) is 3. The Morgan fingerprint density at radius 1 is 1.16 bits per heavy atom. The number of carboxylic acid groups (broad SMARTS) is 1. The molecule has 14 heteroatoms. The number of amides is 3. The van der Waals surface area contributed by atoms with E-state index in [2.05, 4.69) is 20.4 Å². The summed E-state index contributed by atoms with van der Waals surface area (Å²) in [5.41, 5.74) is -0.586. The zero-order valence-electron chi connectivity index (χ0n) is 24.7. The molecule has 4 rings (SSSR count). The number of rotatable bonds is 11. The van der Waals surface area contributed by atoms with Gasteiger partial charge in [0.25, 0.3) is 5.91 Å². The molecule has 2 fully saturated rings. The van der Waals surface area contributed by atoms with Crippen LogP contribution in [-0.4, -0.2) is 71.0 Å². The second-order valence-electron chi connectivity index (χ2n) is 11.7. The van der Waals surface area contributed by atoms with Gasteiger partial charge in [-0.25, -0.2) is 14.6 Å². The van der Waals surface area contributed by atoms with Crippen molar-refractivity contribution in [2.75, 3.05) is 19.7 Å². The first-order valence-corrected chi connectivity index (χ1v) is 14.3. The van der Waals surface area contributed by atoms with Crippen molar-refractivity contribution < 1.29 is 46.9 Å². The Hall–Kier alpha value is -4.10. The van der Waals surface area contributed by atoms with Crippen LogP contribution >= 0.6 is 0 Å². The van der Waals surface area contributed by atoms with E-state index in [0.29, 0.717) is 31.1 Å². The Kier molecular flexibility index (Phi) is 9.97. The molecule has 2 aromatic rings. The summed E-state index contributed by atoms with van der Waals surface area (Å²) in [6.45, 7) is 4.41. The maximum Gasteiger partial charge on any atom is 0.408 e. The molecule has 2 atom stereocenters. The average molecular weight is 609 g/mol. The molecule has 1 saturated carbocycles. The van der Waals surface area contributed by atoms with Crippen LogP contribution in [0.5, 0.6) is 11.5 Å². The molecule has 1 aliphatic carbocycles. The summed E-state index contributed by atoms with van der Waals surface area (Å²) in [4.78, 5) is 43.2. The first-order valence-electron chi connectivity index (χ1n) is 14.3. The fraction of sp³-hybridized carbons (Fsp3) is 0.586. The molecular weight excluding hydrogens is 570 g/mol. The summed E-state index contributed by atoms with van der Waals surface area (Å²) in [5, 5.41) is 14.9. The number of nitrogens with zero attached hydrogens (tertiary/aromatic N) is 2. The molecule has 43 heavy (non-hydrogen) atoms. The lowest BCUT2D eigenvalue weighted by Gasteiger charge is -2.33. The number of aromatic nitrogens is 1. The van der Waals surface area contributed by atoms with E-state index in [9.17, 15) is 28.3 Å². The topological polar surface area (TPSA) is 152 Å². The van der Waals surface area contributed by atoms with Gasteiger partial charge in [-0.15, -0.1) is 0 Å². The Morgan fingerprint density at radius 2 is 1.91 bits per heavy atom. The van der Waals surface area contributed by atoms with Crippen LogP contribution in [0.1, 0.15) is 82.1 Å². The molecular formula is C29H38F2N4O8. The van der Waals surface area contributed by atoms with Gasteiger partial charge in [-0.3, -0.25) is 4.79 Å². The highest BCUT2D eigenvalue weighted by molar-refractivity contribution is 5.94. The maximum atomic E-state index is 13.4. The SMILES string of the molecule is C[C@H](NC(=O)OC(C)(C)C)c1oc(-c2ccc(OC(F)F)c(OCC3CC3)c2)nc1C(=O)NCC1CCCCN1C(=O)O. The van der Waals surface area contributed by atoms with E-state index >= 15 is 0 Å². The normalized spacial score (nSPS) is 17.7. The maximum absolute atomic E-state index is 13.4. The first-order chi connectivity index (χ1) is 20.3. The van der Waals surface area contributed by atoms with Gasteiger partial charge in [-0.2, -0.15) is 8.78 Å². The third-order valence-electron chi connectivity index (χ3n) is 6.94. The second kappa shape index (κ2) is 13.5. The molecule has 3 N–H and O–H groups in total. The lowest BCUT2D eigenvalue weighted by molar-refractivity contribution is -0.0515. The van der Waals surface area contributed by atoms with E-state index in [1.807, 2.05) is 0 Å². The van der Waals surface area contributed by atoms with E-state index < -0.39 is 42.4 Å². The molecule has 236 valence electrons. The summed E-state index contributed by atoms with van der Waals surface area (Å²) in [5.74, 6) is -0.386. The third-order valence-corrected chi connectivity index (χ3v) is 6.94. The van der Waals surface area contributed by atoms with Crippen LogP contribution in [0.15, 0.2) is 22.6 Å². The van der Waals surface area contributed by atoms with Gasteiger partial charge in [0.05, 0.1) is 18.7 Å². The minimum absolute atomic E-state index is 0.0189. The number of alkyl halides is 2. The molecule has 1 unspecified atom stereocenters. The zero-order valence-corrected chi connectivity index (χ0v) is 24.7. The number of ether oxygens (including phenoxy) is 3. The van der Waals surface area contributed by atoms with Crippen molar-refractivity contribution in [2.45, 2.75) is 84.1 Å². The number of benzene rings is 1. The van der Waals surface area contributed by atoms with Crippen LogP contribution in [0, 0.1) is 5.92 Å². The van der Waals surface area contributed by atoms with Gasteiger partial charge in [0.1, 0.15) is 5.60 Å². The van der Waals surface area contributed by atoms with Gasteiger partial charge in [-0.1, -0.05) is 0 Å². The van der Waals surface area contributed by atoms with E-state index in [4.69, 9.17) is 13.9 Å². The van der Waals surface area contributed by atoms with Crippen LogP contribution in [0.2, 0.25) is 0 Å². The van der Waals surface area contributed by atoms with Crippen molar-refractivity contribution in [3.63, 3.8) is 0 Å². The highest BCUT2D eigenvalue weighted by atomic mass is 19.3. The van der Waals surface area contributed by atoms with E-state index in [0.717, 1.165) is 25.7 Å². The predicted molar refractivity (Wildman–Crippen MR) is 149 cm³/mol. The van der Waals surface area contributed by atoms with Crippen molar-refractivity contribution in [1.82, 2.24) is 20.5 Å². The predicted octanol–water partition coefficient (Wildman–Crippen LogP) is 5.58. The summed E-state index contributed by atoms with van der Waals surface area (Å²) < 4.78 is 47.7. The van der Waals surface area contributed by atoms with Crippen LogP contribution in [0.4, 0.5) is 18.4 Å². The summed E-state index contributed by atoms with van der Waals surface area (Å²) in [7, 11) is 0. The molecule has 1 aliphatic heterocycles. The monoisotopic (exact) mass is 608 g/mol. The van der Waals surface area contributed by atoms with Crippen molar-refractivity contribution in [3.05, 3.63) is 29.7 Å². The van der Waals surface area contributed by atoms with Gasteiger partial charge in [0.15, 0.2) is 23.0 Å². The van der Waals surface area contributed by atoms with Crippen molar-refractivity contribution >= 4 is 18.1 Å². The number of carbonyl (C=O) groups is 3. The smallest absolute Gasteiger partial charge is 0.408 e. The number of alkyl carbamates (subject to hydrolysis) is 1. The number of carbonyl (C=O) groups excluding carboxylic acids is 2. The summed E-state index contributed by atoms with van der Waals surface area (Å²) >= 11 is 0. The largest absolute Gasteiger partial charge is 0.489 e. The molecule has 2 heterocycles. The molecule has 0 spiro atoms. The Labute approximate surface area is 248 Å². The van der Waals surface area contributed by atoms with Crippen molar-refractivity contribution in [3.8, 4) is 23.0 Å². The molecule has 12 nitrogen and oxygen atoms in total. The van der Waals surface area contributed by atoms with E-state index in [1.54, 1.807) is 27.7 Å². The van der Waals surface area contributed by atoms with E-state index in [1.165, 1.54) is 23.1 Å². The van der Waals surface area contributed by atoms with Gasteiger partial charge in [0, 0.05) is 18.7 Å².